The van der Waals surface area contributed by atoms with E-state index < -0.39 is 11.6 Å². The van der Waals surface area contributed by atoms with Gasteiger partial charge in [0.2, 0.25) is 0 Å². The maximum absolute atomic E-state index is 13.9. The number of halogens is 4. The first kappa shape index (κ1) is 25.3. The molecule has 38 heavy (non-hydrogen) atoms. The van der Waals surface area contributed by atoms with Gasteiger partial charge in [-0.1, -0.05) is 0 Å². The van der Waals surface area contributed by atoms with Crippen molar-refractivity contribution in [3.63, 3.8) is 0 Å². The van der Waals surface area contributed by atoms with Gasteiger partial charge in [0.1, 0.15) is 5.82 Å². The third-order valence-corrected chi connectivity index (χ3v) is 8.57. The predicted molar refractivity (Wildman–Crippen MR) is 136 cm³/mol. The molecule has 2 fully saturated rings. The molecular formula is C26H27F4N7S. The average Bonchev–Trinajstić information content (AvgIpc) is 3.40. The Kier molecular flexibility index (Phi) is 6.23. The number of aromatic nitrogens is 5. The summed E-state index contributed by atoms with van der Waals surface area (Å²) in [6.45, 7) is 3.67. The lowest BCUT2D eigenvalue weighted by molar-refractivity contribution is -0.194. The van der Waals surface area contributed by atoms with Crippen LogP contribution in [0.25, 0.3) is 16.6 Å². The van der Waals surface area contributed by atoms with E-state index >= 15 is 0 Å². The molecule has 4 aromatic rings. The fourth-order valence-corrected chi connectivity index (χ4v) is 6.18. The van der Waals surface area contributed by atoms with Crippen molar-refractivity contribution in [1.82, 2.24) is 34.0 Å². The lowest BCUT2D eigenvalue weighted by atomic mass is 9.94. The molecule has 7 nitrogen and oxygen atoms in total. The molecule has 0 N–H and O–H groups in total. The predicted octanol–water partition coefficient (Wildman–Crippen LogP) is 5.31. The summed E-state index contributed by atoms with van der Waals surface area (Å²) < 4.78 is 59.1. The van der Waals surface area contributed by atoms with E-state index in [0.717, 1.165) is 32.7 Å². The fraction of sp³-hybridized carbons (Fsp3) is 0.423. The minimum atomic E-state index is -4.21. The molecule has 1 atom stereocenters. The van der Waals surface area contributed by atoms with Crippen LogP contribution in [0.5, 0.6) is 0 Å². The van der Waals surface area contributed by atoms with Crippen LogP contribution in [0.4, 0.5) is 17.6 Å². The van der Waals surface area contributed by atoms with Crippen LogP contribution >= 0.6 is 11.9 Å². The van der Waals surface area contributed by atoms with Gasteiger partial charge in [-0.3, -0.25) is 4.90 Å². The molecule has 2 aromatic heterocycles. The van der Waals surface area contributed by atoms with Gasteiger partial charge in [-0.25, -0.2) is 13.4 Å². The summed E-state index contributed by atoms with van der Waals surface area (Å²) in [5, 5.41) is 14.6. The van der Waals surface area contributed by atoms with Gasteiger partial charge in [-0.2, -0.15) is 28.2 Å². The number of benzene rings is 2. The van der Waals surface area contributed by atoms with E-state index in [1.165, 1.54) is 28.9 Å². The molecule has 1 unspecified atom stereocenters. The molecular weight excluding hydrogens is 518 g/mol. The van der Waals surface area contributed by atoms with Crippen molar-refractivity contribution in [3.05, 3.63) is 65.7 Å². The molecule has 0 spiro atoms. The Hall–Kier alpha value is -2.96. The zero-order valence-corrected chi connectivity index (χ0v) is 21.8. The molecule has 1 aliphatic carbocycles. The SMILES string of the molecule is Cc1cc2c(cnn2-c2ccc(F)cc2)cc1C1CN(Sc2cnn(C)n2)CCN1CC1(C(F)(F)F)CC1. The van der Waals surface area contributed by atoms with Crippen molar-refractivity contribution >= 4 is 22.9 Å². The molecule has 1 saturated heterocycles. The van der Waals surface area contributed by atoms with Gasteiger partial charge in [-0.05, 0) is 79.2 Å². The van der Waals surface area contributed by atoms with Crippen molar-refractivity contribution in [3.8, 4) is 5.69 Å². The Bertz CT molecular complexity index is 1460. The number of hydrogen-bond acceptors (Lipinski definition) is 6. The summed E-state index contributed by atoms with van der Waals surface area (Å²) in [6.07, 6.45) is -0.409. The highest BCUT2D eigenvalue weighted by Crippen LogP contribution is 2.58. The first-order valence-corrected chi connectivity index (χ1v) is 13.2. The Morgan fingerprint density at radius 1 is 1.05 bits per heavy atom. The Balaban J connectivity index is 1.34. The maximum atomic E-state index is 13.9. The Labute approximate surface area is 221 Å². The first-order chi connectivity index (χ1) is 18.1. The van der Waals surface area contributed by atoms with Crippen LogP contribution in [-0.2, 0) is 7.05 Å². The average molecular weight is 546 g/mol. The number of alkyl halides is 3. The van der Waals surface area contributed by atoms with Gasteiger partial charge in [0.15, 0.2) is 5.03 Å². The third-order valence-electron chi connectivity index (χ3n) is 7.60. The highest BCUT2D eigenvalue weighted by Gasteiger charge is 2.64. The quantitative estimate of drug-likeness (QED) is 0.242. The zero-order valence-electron chi connectivity index (χ0n) is 21.0. The van der Waals surface area contributed by atoms with Crippen LogP contribution in [0, 0.1) is 18.2 Å². The lowest BCUT2D eigenvalue weighted by Gasteiger charge is -2.43. The second-order valence-corrected chi connectivity index (χ2v) is 11.3. The summed E-state index contributed by atoms with van der Waals surface area (Å²) in [5.41, 5.74) is 1.94. The topological polar surface area (TPSA) is 55.0 Å². The van der Waals surface area contributed by atoms with Crippen LogP contribution in [0.15, 0.2) is 53.8 Å². The van der Waals surface area contributed by atoms with E-state index in [2.05, 4.69) is 19.6 Å². The van der Waals surface area contributed by atoms with Gasteiger partial charge in [0, 0.05) is 44.7 Å². The van der Waals surface area contributed by atoms with E-state index in [1.54, 1.807) is 36.3 Å². The zero-order chi connectivity index (χ0) is 26.7. The van der Waals surface area contributed by atoms with E-state index in [-0.39, 0.29) is 31.2 Å². The minimum absolute atomic E-state index is 0.00284. The van der Waals surface area contributed by atoms with E-state index in [9.17, 15) is 17.6 Å². The van der Waals surface area contributed by atoms with Crippen LogP contribution in [0.3, 0.4) is 0 Å². The molecule has 3 heterocycles. The molecule has 200 valence electrons. The molecule has 2 aliphatic rings. The van der Waals surface area contributed by atoms with Gasteiger partial charge in [-0.15, -0.1) is 5.10 Å². The minimum Gasteiger partial charge on any atom is -0.293 e. The van der Waals surface area contributed by atoms with Crippen LogP contribution in [0.2, 0.25) is 0 Å². The lowest BCUT2D eigenvalue weighted by Crippen LogP contribution is -2.49. The summed E-state index contributed by atoms with van der Waals surface area (Å²) in [5.74, 6) is -0.322. The normalized spacial score (nSPS) is 20.3. The van der Waals surface area contributed by atoms with Gasteiger partial charge in [0.25, 0.3) is 0 Å². The molecule has 12 heteroatoms. The molecule has 2 aromatic carbocycles. The number of nitrogens with zero attached hydrogens (tertiary/aromatic N) is 7. The molecule has 1 aliphatic heterocycles. The van der Waals surface area contributed by atoms with Gasteiger partial charge >= 0.3 is 6.18 Å². The van der Waals surface area contributed by atoms with Crippen molar-refractivity contribution < 1.29 is 17.6 Å². The molecule has 0 amide bonds. The van der Waals surface area contributed by atoms with Crippen molar-refractivity contribution in [2.45, 2.75) is 37.0 Å². The summed E-state index contributed by atoms with van der Waals surface area (Å²) in [7, 11) is 1.75. The summed E-state index contributed by atoms with van der Waals surface area (Å²) in [6, 6.07) is 9.95. The monoisotopic (exact) mass is 545 g/mol. The van der Waals surface area contributed by atoms with Crippen molar-refractivity contribution in [1.29, 1.82) is 0 Å². The Morgan fingerprint density at radius 2 is 1.82 bits per heavy atom. The second kappa shape index (κ2) is 9.35. The smallest absolute Gasteiger partial charge is 0.293 e. The number of hydrogen-bond donors (Lipinski definition) is 0. The largest absolute Gasteiger partial charge is 0.395 e. The molecule has 1 saturated carbocycles. The van der Waals surface area contributed by atoms with Crippen LogP contribution < -0.4 is 0 Å². The molecule has 6 rings (SSSR count). The maximum Gasteiger partial charge on any atom is 0.395 e. The fourth-order valence-electron chi connectivity index (χ4n) is 5.28. The van der Waals surface area contributed by atoms with E-state index in [0.29, 0.717) is 19.6 Å². The standard InChI is InChI=1S/C26H27F4N7S/c1-17-11-22-18(13-32-37(22)20-5-3-19(27)4-6-20)12-21(17)23-15-36(38-24-14-31-34(2)33-24)10-9-35(23)16-25(7-8-25)26(28,29)30/h3-6,11-14,23H,7-10,15-16H2,1-2H3. The molecule has 0 bridgehead atoms. The first-order valence-electron chi connectivity index (χ1n) is 12.5. The highest BCUT2D eigenvalue weighted by atomic mass is 32.2. The van der Waals surface area contributed by atoms with Crippen molar-refractivity contribution in [2.24, 2.45) is 12.5 Å². The number of rotatable bonds is 6. The summed E-state index contributed by atoms with van der Waals surface area (Å²) in [4.78, 5) is 3.50. The van der Waals surface area contributed by atoms with Gasteiger partial charge < -0.3 is 0 Å². The highest BCUT2D eigenvalue weighted by molar-refractivity contribution is 7.97. The van der Waals surface area contributed by atoms with Gasteiger partial charge in [0.05, 0.1) is 29.0 Å². The van der Waals surface area contributed by atoms with Crippen LogP contribution in [0.1, 0.15) is 30.0 Å². The van der Waals surface area contributed by atoms with E-state index in [1.807, 2.05) is 24.0 Å². The number of piperazine rings is 1. The molecule has 0 radical (unpaired) electrons. The van der Waals surface area contributed by atoms with Crippen LogP contribution in [-0.4, -0.2) is 66.3 Å². The summed E-state index contributed by atoms with van der Waals surface area (Å²) >= 11 is 1.48. The van der Waals surface area contributed by atoms with E-state index in [4.69, 9.17) is 0 Å². The second-order valence-electron chi connectivity index (χ2n) is 10.2. The van der Waals surface area contributed by atoms with Crippen molar-refractivity contribution in [2.75, 3.05) is 26.2 Å². The Morgan fingerprint density at radius 3 is 2.47 bits per heavy atom. The number of aryl methyl sites for hydroxylation is 2. The number of fused-ring (bicyclic) bond motifs is 1. The third kappa shape index (κ3) is 4.69.